The molecule has 1 atom stereocenters. The molecule has 1 amide bonds. The van der Waals surface area contributed by atoms with Crippen molar-refractivity contribution in [3.05, 3.63) is 96.1 Å². The molecule has 28 heavy (non-hydrogen) atoms. The monoisotopic (exact) mass is 388 g/mol. The SMILES string of the molecule is O=C1C(Cc2ccc(OCc3ccccc3)cc2)NC(=S)N1c1ccccc1. The number of amides is 1. The zero-order valence-corrected chi connectivity index (χ0v) is 16.1. The average Bonchev–Trinajstić information content (AvgIpc) is 3.02. The largest absolute Gasteiger partial charge is 0.489 e. The molecular weight excluding hydrogens is 368 g/mol. The number of thiocarbonyl (C=S) groups is 1. The zero-order valence-electron chi connectivity index (χ0n) is 15.2. The predicted octanol–water partition coefficient (Wildman–Crippen LogP) is 4.10. The third kappa shape index (κ3) is 4.05. The van der Waals surface area contributed by atoms with Crippen molar-refractivity contribution >= 4 is 28.9 Å². The van der Waals surface area contributed by atoms with Crippen LogP contribution >= 0.6 is 12.2 Å². The van der Waals surface area contributed by atoms with Gasteiger partial charge in [-0.25, -0.2) is 0 Å². The first-order valence-electron chi connectivity index (χ1n) is 9.16. The molecule has 0 aliphatic carbocycles. The quantitative estimate of drug-likeness (QED) is 0.646. The van der Waals surface area contributed by atoms with Gasteiger partial charge in [-0.15, -0.1) is 0 Å². The normalized spacial score (nSPS) is 16.1. The van der Waals surface area contributed by atoms with Crippen LogP contribution in [0.3, 0.4) is 0 Å². The molecular formula is C23H20N2O2S. The molecule has 3 aromatic carbocycles. The Labute approximate surface area is 169 Å². The first kappa shape index (κ1) is 18.2. The average molecular weight is 388 g/mol. The first-order chi connectivity index (χ1) is 13.7. The van der Waals surface area contributed by atoms with Gasteiger partial charge in [0, 0.05) is 6.42 Å². The highest BCUT2D eigenvalue weighted by Gasteiger charge is 2.36. The molecule has 0 radical (unpaired) electrons. The fraction of sp³-hybridized carbons (Fsp3) is 0.130. The molecule has 1 aliphatic rings. The highest BCUT2D eigenvalue weighted by Crippen LogP contribution is 2.22. The van der Waals surface area contributed by atoms with Crippen LogP contribution in [-0.4, -0.2) is 17.1 Å². The summed E-state index contributed by atoms with van der Waals surface area (Å²) < 4.78 is 5.82. The Hall–Kier alpha value is -3.18. The molecule has 0 saturated carbocycles. The van der Waals surface area contributed by atoms with Crippen LogP contribution in [0.5, 0.6) is 5.75 Å². The zero-order chi connectivity index (χ0) is 19.3. The van der Waals surface area contributed by atoms with Crippen LogP contribution in [0.2, 0.25) is 0 Å². The summed E-state index contributed by atoms with van der Waals surface area (Å²) in [5, 5.41) is 3.59. The van der Waals surface area contributed by atoms with E-state index in [1.54, 1.807) is 4.90 Å². The fourth-order valence-corrected chi connectivity index (χ4v) is 3.53. The molecule has 1 N–H and O–H groups in total. The van der Waals surface area contributed by atoms with E-state index in [1.807, 2.05) is 84.9 Å². The third-order valence-electron chi connectivity index (χ3n) is 4.65. The van der Waals surface area contributed by atoms with Crippen molar-refractivity contribution in [1.29, 1.82) is 0 Å². The molecule has 140 valence electrons. The topological polar surface area (TPSA) is 41.6 Å². The summed E-state index contributed by atoms with van der Waals surface area (Å²) in [7, 11) is 0. The van der Waals surface area contributed by atoms with Gasteiger partial charge in [0.05, 0.1) is 5.69 Å². The van der Waals surface area contributed by atoms with E-state index in [9.17, 15) is 4.79 Å². The number of carbonyl (C=O) groups excluding carboxylic acids is 1. The van der Waals surface area contributed by atoms with E-state index in [-0.39, 0.29) is 11.9 Å². The van der Waals surface area contributed by atoms with Crippen LogP contribution < -0.4 is 15.0 Å². The maximum Gasteiger partial charge on any atom is 0.256 e. The number of ether oxygens (including phenoxy) is 1. The molecule has 1 saturated heterocycles. The van der Waals surface area contributed by atoms with Crippen molar-refractivity contribution in [3.63, 3.8) is 0 Å². The van der Waals surface area contributed by atoms with Crippen LogP contribution in [0.25, 0.3) is 0 Å². The van der Waals surface area contributed by atoms with Crippen molar-refractivity contribution in [2.45, 2.75) is 19.1 Å². The van der Waals surface area contributed by atoms with Gasteiger partial charge in [-0.3, -0.25) is 9.69 Å². The lowest BCUT2D eigenvalue weighted by atomic mass is 10.1. The number of para-hydroxylation sites is 1. The number of anilines is 1. The summed E-state index contributed by atoms with van der Waals surface area (Å²) in [6, 6.07) is 27.0. The van der Waals surface area contributed by atoms with Crippen molar-refractivity contribution in [2.24, 2.45) is 0 Å². The van der Waals surface area contributed by atoms with Gasteiger partial charge in [-0.1, -0.05) is 60.7 Å². The molecule has 1 heterocycles. The lowest BCUT2D eigenvalue weighted by Gasteiger charge is -2.14. The molecule has 4 rings (SSSR count). The second kappa shape index (κ2) is 8.23. The number of nitrogens with one attached hydrogen (secondary N) is 1. The maximum atomic E-state index is 12.8. The van der Waals surface area contributed by atoms with Gasteiger partial charge in [0.15, 0.2) is 5.11 Å². The minimum absolute atomic E-state index is 0.0272. The molecule has 4 nitrogen and oxygen atoms in total. The fourth-order valence-electron chi connectivity index (χ4n) is 3.19. The smallest absolute Gasteiger partial charge is 0.256 e. The summed E-state index contributed by atoms with van der Waals surface area (Å²) in [5.74, 6) is 0.778. The van der Waals surface area contributed by atoms with Gasteiger partial charge in [0.25, 0.3) is 5.91 Å². The Morgan fingerprint density at radius 1 is 0.857 bits per heavy atom. The maximum absolute atomic E-state index is 12.8. The second-order valence-electron chi connectivity index (χ2n) is 6.63. The molecule has 1 fully saturated rings. The first-order valence-corrected chi connectivity index (χ1v) is 9.57. The lowest BCUT2D eigenvalue weighted by molar-refractivity contribution is -0.118. The van der Waals surface area contributed by atoms with E-state index < -0.39 is 0 Å². The van der Waals surface area contributed by atoms with Crippen LogP contribution in [0, 0.1) is 0 Å². The van der Waals surface area contributed by atoms with Crippen LogP contribution in [-0.2, 0) is 17.8 Å². The molecule has 1 unspecified atom stereocenters. The van der Waals surface area contributed by atoms with E-state index in [0.717, 1.165) is 22.6 Å². The number of nitrogens with zero attached hydrogens (tertiary/aromatic N) is 1. The molecule has 0 bridgehead atoms. The number of hydrogen-bond donors (Lipinski definition) is 1. The van der Waals surface area contributed by atoms with Crippen molar-refractivity contribution < 1.29 is 9.53 Å². The van der Waals surface area contributed by atoms with Crippen LogP contribution in [0.15, 0.2) is 84.9 Å². The predicted molar refractivity (Wildman–Crippen MR) is 114 cm³/mol. The minimum Gasteiger partial charge on any atom is -0.489 e. The van der Waals surface area contributed by atoms with Gasteiger partial charge in [0.1, 0.15) is 18.4 Å². The molecule has 0 spiro atoms. The van der Waals surface area contributed by atoms with Crippen LogP contribution in [0.4, 0.5) is 5.69 Å². The molecule has 3 aromatic rings. The molecule has 0 aromatic heterocycles. The van der Waals surface area contributed by atoms with Gasteiger partial charge < -0.3 is 10.1 Å². The number of rotatable bonds is 6. The van der Waals surface area contributed by atoms with Crippen molar-refractivity contribution in [1.82, 2.24) is 5.32 Å². The Bertz CT molecular complexity index is 959. The summed E-state index contributed by atoms with van der Waals surface area (Å²) in [6.07, 6.45) is 0.571. The number of hydrogen-bond acceptors (Lipinski definition) is 3. The molecule has 1 aliphatic heterocycles. The summed E-state index contributed by atoms with van der Waals surface area (Å²) in [5.41, 5.74) is 2.97. The Morgan fingerprint density at radius 3 is 2.18 bits per heavy atom. The Morgan fingerprint density at radius 2 is 1.50 bits per heavy atom. The van der Waals surface area contributed by atoms with E-state index in [1.165, 1.54) is 0 Å². The van der Waals surface area contributed by atoms with E-state index >= 15 is 0 Å². The number of carbonyl (C=O) groups is 1. The lowest BCUT2D eigenvalue weighted by Crippen LogP contribution is -2.32. The van der Waals surface area contributed by atoms with Crippen LogP contribution in [0.1, 0.15) is 11.1 Å². The summed E-state index contributed by atoms with van der Waals surface area (Å²) >= 11 is 5.37. The molecule has 5 heteroatoms. The van der Waals surface area contributed by atoms with Gasteiger partial charge in [-0.05, 0) is 47.6 Å². The third-order valence-corrected chi connectivity index (χ3v) is 4.95. The minimum atomic E-state index is -0.358. The second-order valence-corrected chi connectivity index (χ2v) is 7.02. The van der Waals surface area contributed by atoms with E-state index in [2.05, 4.69) is 5.32 Å². The highest BCUT2D eigenvalue weighted by molar-refractivity contribution is 7.80. The standard InChI is InChI=1S/C23H20N2O2S/c26-22-21(24-23(28)25(22)19-9-5-2-6-10-19)15-17-11-13-20(14-12-17)27-16-18-7-3-1-4-8-18/h1-14,21H,15-16H2,(H,24,28). The Kier molecular flexibility index (Phi) is 5.35. The van der Waals surface area contributed by atoms with Gasteiger partial charge >= 0.3 is 0 Å². The van der Waals surface area contributed by atoms with E-state index in [4.69, 9.17) is 17.0 Å². The highest BCUT2D eigenvalue weighted by atomic mass is 32.1. The van der Waals surface area contributed by atoms with Crippen molar-refractivity contribution in [2.75, 3.05) is 4.90 Å². The van der Waals surface area contributed by atoms with Crippen molar-refractivity contribution in [3.8, 4) is 5.75 Å². The Balaban J connectivity index is 1.38. The van der Waals surface area contributed by atoms with Gasteiger partial charge in [0.2, 0.25) is 0 Å². The van der Waals surface area contributed by atoms with E-state index in [0.29, 0.717) is 18.1 Å². The number of benzene rings is 3. The summed E-state index contributed by atoms with van der Waals surface area (Å²) in [6.45, 7) is 0.531. The van der Waals surface area contributed by atoms with Gasteiger partial charge in [-0.2, -0.15) is 0 Å². The summed E-state index contributed by atoms with van der Waals surface area (Å²) in [4.78, 5) is 14.4.